The molecule has 7 nitrogen and oxygen atoms in total. The lowest BCUT2D eigenvalue weighted by Crippen LogP contribution is -2.02. The van der Waals surface area contributed by atoms with Crippen LogP contribution >= 0.6 is 11.3 Å². The van der Waals surface area contributed by atoms with Crippen molar-refractivity contribution in [1.82, 2.24) is 24.8 Å². The first-order chi connectivity index (χ1) is 11.6. The van der Waals surface area contributed by atoms with E-state index in [1.54, 1.807) is 22.7 Å². The van der Waals surface area contributed by atoms with Crippen molar-refractivity contribution in [2.45, 2.75) is 13.8 Å². The van der Waals surface area contributed by atoms with E-state index in [4.69, 9.17) is 0 Å². The SMILES string of the molecule is Cc1cc2nnc(-c3csc(Nc4cccc(O)c4)n3)c(C)n2n1. The van der Waals surface area contributed by atoms with E-state index >= 15 is 0 Å². The minimum Gasteiger partial charge on any atom is -0.508 e. The summed E-state index contributed by atoms with van der Waals surface area (Å²) in [6.07, 6.45) is 0. The molecule has 0 bridgehead atoms. The summed E-state index contributed by atoms with van der Waals surface area (Å²) in [6.45, 7) is 3.87. The maximum absolute atomic E-state index is 9.53. The fourth-order valence-corrected chi connectivity index (χ4v) is 3.18. The van der Waals surface area contributed by atoms with Gasteiger partial charge in [-0.2, -0.15) is 5.10 Å². The van der Waals surface area contributed by atoms with Crippen LogP contribution in [0.15, 0.2) is 35.7 Å². The minimum atomic E-state index is 0.206. The van der Waals surface area contributed by atoms with E-state index in [0.29, 0.717) is 10.8 Å². The third kappa shape index (κ3) is 2.56. The van der Waals surface area contributed by atoms with E-state index in [9.17, 15) is 5.11 Å². The van der Waals surface area contributed by atoms with Gasteiger partial charge in [0.25, 0.3) is 0 Å². The molecule has 4 rings (SSSR count). The Labute approximate surface area is 141 Å². The quantitative estimate of drug-likeness (QED) is 0.596. The molecule has 1 aromatic carbocycles. The molecule has 0 aliphatic heterocycles. The number of nitrogens with one attached hydrogen (secondary N) is 1. The van der Waals surface area contributed by atoms with Crippen molar-refractivity contribution in [3.8, 4) is 17.1 Å². The van der Waals surface area contributed by atoms with Crippen LogP contribution in [0.3, 0.4) is 0 Å². The minimum absolute atomic E-state index is 0.206. The summed E-state index contributed by atoms with van der Waals surface area (Å²) in [6, 6.07) is 8.79. The molecule has 4 aromatic rings. The fourth-order valence-electron chi connectivity index (χ4n) is 2.46. The first kappa shape index (κ1) is 14.6. The molecule has 120 valence electrons. The van der Waals surface area contributed by atoms with Gasteiger partial charge in [0.05, 0.1) is 11.4 Å². The molecular weight excluding hydrogens is 324 g/mol. The molecule has 0 amide bonds. The number of phenols is 1. The molecule has 3 aromatic heterocycles. The van der Waals surface area contributed by atoms with Crippen molar-refractivity contribution in [2.75, 3.05) is 5.32 Å². The van der Waals surface area contributed by atoms with E-state index in [1.807, 2.05) is 31.4 Å². The first-order valence-electron chi connectivity index (χ1n) is 7.32. The Morgan fingerprint density at radius 3 is 2.88 bits per heavy atom. The molecule has 0 unspecified atom stereocenters. The number of phenolic OH excluding ortho intramolecular Hbond substituents is 1. The van der Waals surface area contributed by atoms with Gasteiger partial charge in [0, 0.05) is 23.2 Å². The number of hydrogen-bond donors (Lipinski definition) is 2. The number of hydrogen-bond acceptors (Lipinski definition) is 7. The summed E-state index contributed by atoms with van der Waals surface area (Å²) in [7, 11) is 0. The van der Waals surface area contributed by atoms with Crippen LogP contribution < -0.4 is 5.32 Å². The van der Waals surface area contributed by atoms with E-state index in [0.717, 1.165) is 28.4 Å². The lowest BCUT2D eigenvalue weighted by molar-refractivity contribution is 0.475. The smallest absolute Gasteiger partial charge is 0.187 e. The molecule has 3 heterocycles. The van der Waals surface area contributed by atoms with Crippen LogP contribution in [0.5, 0.6) is 5.75 Å². The van der Waals surface area contributed by atoms with Crippen LogP contribution in [-0.2, 0) is 0 Å². The van der Waals surface area contributed by atoms with Gasteiger partial charge >= 0.3 is 0 Å². The van der Waals surface area contributed by atoms with Crippen LogP contribution in [0.1, 0.15) is 11.4 Å². The van der Waals surface area contributed by atoms with Crippen LogP contribution in [0.25, 0.3) is 17.0 Å². The zero-order valence-corrected chi connectivity index (χ0v) is 13.9. The van der Waals surface area contributed by atoms with Crippen molar-refractivity contribution in [3.05, 3.63) is 47.1 Å². The van der Waals surface area contributed by atoms with E-state index in [-0.39, 0.29) is 5.75 Å². The molecule has 0 fully saturated rings. The zero-order chi connectivity index (χ0) is 16.7. The average molecular weight is 338 g/mol. The normalized spacial score (nSPS) is 11.1. The van der Waals surface area contributed by atoms with Crippen molar-refractivity contribution in [1.29, 1.82) is 0 Å². The predicted molar refractivity (Wildman–Crippen MR) is 92.8 cm³/mol. The van der Waals surface area contributed by atoms with Gasteiger partial charge in [-0.1, -0.05) is 6.07 Å². The monoisotopic (exact) mass is 338 g/mol. The fraction of sp³-hybridized carbons (Fsp3) is 0.125. The number of aryl methyl sites for hydroxylation is 2. The van der Waals surface area contributed by atoms with Gasteiger partial charge in [0.2, 0.25) is 0 Å². The topological polar surface area (TPSA) is 88.2 Å². The van der Waals surface area contributed by atoms with E-state index in [2.05, 4.69) is 25.6 Å². The Kier molecular flexibility index (Phi) is 3.39. The molecule has 24 heavy (non-hydrogen) atoms. The van der Waals surface area contributed by atoms with Crippen molar-refractivity contribution in [3.63, 3.8) is 0 Å². The van der Waals surface area contributed by atoms with Crippen LogP contribution in [0.4, 0.5) is 10.8 Å². The van der Waals surface area contributed by atoms with Crippen molar-refractivity contribution in [2.24, 2.45) is 0 Å². The molecule has 0 radical (unpaired) electrons. The Balaban J connectivity index is 1.68. The molecule has 2 N–H and O–H groups in total. The largest absolute Gasteiger partial charge is 0.508 e. The van der Waals surface area contributed by atoms with Crippen molar-refractivity contribution < 1.29 is 5.11 Å². The number of nitrogens with zero attached hydrogens (tertiary/aromatic N) is 5. The molecule has 0 saturated carbocycles. The van der Waals surface area contributed by atoms with Gasteiger partial charge in [-0.3, -0.25) is 0 Å². The Hall–Kier alpha value is -3.00. The summed E-state index contributed by atoms with van der Waals surface area (Å²) in [5.74, 6) is 0.206. The number of aromatic nitrogens is 5. The number of aromatic hydroxyl groups is 1. The Bertz CT molecular complexity index is 1040. The molecule has 0 aliphatic rings. The molecule has 0 saturated heterocycles. The second-order valence-corrected chi connectivity index (χ2v) is 6.26. The highest BCUT2D eigenvalue weighted by Crippen LogP contribution is 2.28. The highest BCUT2D eigenvalue weighted by atomic mass is 32.1. The first-order valence-corrected chi connectivity index (χ1v) is 8.20. The van der Waals surface area contributed by atoms with Gasteiger partial charge in [-0.25, -0.2) is 9.50 Å². The van der Waals surface area contributed by atoms with Gasteiger partial charge in [0.15, 0.2) is 10.8 Å². The van der Waals surface area contributed by atoms with Gasteiger partial charge in [0.1, 0.15) is 17.1 Å². The number of anilines is 2. The third-order valence-electron chi connectivity index (χ3n) is 3.57. The summed E-state index contributed by atoms with van der Waals surface area (Å²) in [5.41, 5.74) is 4.73. The summed E-state index contributed by atoms with van der Waals surface area (Å²) < 4.78 is 1.78. The van der Waals surface area contributed by atoms with E-state index < -0.39 is 0 Å². The zero-order valence-electron chi connectivity index (χ0n) is 13.1. The lowest BCUT2D eigenvalue weighted by atomic mass is 10.3. The highest BCUT2D eigenvalue weighted by molar-refractivity contribution is 7.14. The maximum atomic E-state index is 9.53. The van der Waals surface area contributed by atoms with Gasteiger partial charge < -0.3 is 10.4 Å². The Morgan fingerprint density at radius 2 is 2.04 bits per heavy atom. The standard InChI is InChI=1S/C16H14N6OS/c1-9-6-14-19-20-15(10(2)22(14)21-9)13-8-24-16(18-13)17-11-4-3-5-12(23)7-11/h3-8,23H,1-2H3,(H,17,18). The second kappa shape index (κ2) is 5.57. The molecule has 0 spiro atoms. The summed E-state index contributed by atoms with van der Waals surface area (Å²) in [5, 5.41) is 28.3. The number of rotatable bonds is 3. The summed E-state index contributed by atoms with van der Waals surface area (Å²) >= 11 is 1.46. The molecule has 0 atom stereocenters. The highest BCUT2D eigenvalue weighted by Gasteiger charge is 2.14. The van der Waals surface area contributed by atoms with Crippen LogP contribution in [0, 0.1) is 13.8 Å². The molecule has 8 heteroatoms. The van der Waals surface area contributed by atoms with Crippen LogP contribution in [-0.4, -0.2) is 29.9 Å². The van der Waals surface area contributed by atoms with Crippen molar-refractivity contribution >= 4 is 27.8 Å². The summed E-state index contributed by atoms with van der Waals surface area (Å²) in [4.78, 5) is 4.56. The second-order valence-electron chi connectivity index (χ2n) is 5.40. The molecular formula is C16H14N6OS. The van der Waals surface area contributed by atoms with Crippen LogP contribution in [0.2, 0.25) is 0 Å². The number of benzene rings is 1. The Morgan fingerprint density at radius 1 is 1.17 bits per heavy atom. The maximum Gasteiger partial charge on any atom is 0.187 e. The molecule has 0 aliphatic carbocycles. The van der Waals surface area contributed by atoms with E-state index in [1.165, 1.54) is 11.3 Å². The van der Waals surface area contributed by atoms with Gasteiger partial charge in [-0.15, -0.1) is 21.5 Å². The average Bonchev–Trinajstić information content (AvgIpc) is 3.14. The third-order valence-corrected chi connectivity index (χ3v) is 4.33. The number of fused-ring (bicyclic) bond motifs is 1. The lowest BCUT2D eigenvalue weighted by Gasteiger charge is -2.04. The van der Waals surface area contributed by atoms with Gasteiger partial charge in [-0.05, 0) is 26.0 Å². The number of thiazole rings is 1. The predicted octanol–water partition coefficient (Wildman–Crippen LogP) is 3.31.